The summed E-state index contributed by atoms with van der Waals surface area (Å²) in [5, 5.41) is 20.7. The van der Waals surface area contributed by atoms with Gasteiger partial charge in [0.05, 0.1) is 26.4 Å². The molecule has 5 atom stereocenters. The molecule has 0 saturated carbocycles. The summed E-state index contributed by atoms with van der Waals surface area (Å²) < 4.78 is 61.3. The molecule has 0 rings (SSSR count). The van der Waals surface area contributed by atoms with E-state index in [0.29, 0.717) is 19.3 Å². The van der Waals surface area contributed by atoms with Crippen LogP contribution in [-0.4, -0.2) is 95.9 Å². The fourth-order valence-corrected chi connectivity index (χ4v) is 13.4. The molecule has 0 aliphatic rings. The molecule has 16 nitrogen and oxygen atoms in total. The van der Waals surface area contributed by atoms with Gasteiger partial charge in [-0.25, -0.2) is 9.13 Å². The third kappa shape index (κ3) is 84.4. The lowest BCUT2D eigenvalue weighted by atomic mass is 10.0. The molecule has 628 valence electrons. The fraction of sp³-hybridized carbons (Fsp3) is 0.725. The minimum Gasteiger partial charge on any atom is -0.463 e. The summed E-state index contributed by atoms with van der Waals surface area (Å²) in [4.78, 5) is 58.8. The van der Waals surface area contributed by atoms with Gasteiger partial charge in [0.2, 0.25) is 0 Å². The summed E-state index contributed by atoms with van der Waals surface area (Å²) in [5.74, 6) is -1.58. The average molecular weight is 1570 g/mol. The Balaban J connectivity index is 4.46. The van der Waals surface area contributed by atoms with E-state index < -0.39 is 91.5 Å². The maximum Gasteiger partial charge on any atom is 0.472 e. The number of rotatable bonds is 82. The van der Waals surface area contributed by atoms with E-state index in [1.165, 1.54) is 154 Å². The summed E-state index contributed by atoms with van der Waals surface area (Å²) in [6.07, 6.45) is 102. The monoisotopic (exact) mass is 1570 g/mol. The number of carbonyl (C=O) groups is 3. The van der Waals surface area contributed by atoms with Gasteiger partial charge < -0.3 is 34.2 Å². The smallest absolute Gasteiger partial charge is 0.463 e. The van der Waals surface area contributed by atoms with Crippen molar-refractivity contribution >= 4 is 33.6 Å². The Morgan fingerprint density at radius 3 is 0.780 bits per heavy atom. The van der Waals surface area contributed by atoms with Crippen molar-refractivity contribution in [2.45, 2.75) is 386 Å². The Hall–Kier alpha value is -4.31. The number of phosphoric acid groups is 2. The molecule has 0 aliphatic heterocycles. The van der Waals surface area contributed by atoms with Crippen LogP contribution in [0.2, 0.25) is 0 Å². The second-order valence-electron chi connectivity index (χ2n) is 28.9. The molecule has 0 fully saturated rings. The number of allylic oxidation sites excluding steroid dienone is 22. The molecule has 5 unspecified atom stereocenters. The minimum absolute atomic E-state index is 0.0926. The highest BCUT2D eigenvalue weighted by Gasteiger charge is 2.29. The summed E-state index contributed by atoms with van der Waals surface area (Å²) in [5.41, 5.74) is 0. The molecule has 0 aromatic rings. The van der Waals surface area contributed by atoms with Crippen LogP contribution in [0.25, 0.3) is 0 Å². The number of aliphatic hydroxyl groups excluding tert-OH is 2. The first kappa shape index (κ1) is 105. The van der Waals surface area contributed by atoms with Gasteiger partial charge in [0.15, 0.2) is 6.10 Å². The van der Waals surface area contributed by atoms with Crippen LogP contribution in [0.1, 0.15) is 367 Å². The van der Waals surface area contributed by atoms with Crippen LogP contribution in [0, 0.1) is 0 Å². The van der Waals surface area contributed by atoms with Crippen molar-refractivity contribution in [3.8, 4) is 0 Å². The second-order valence-corrected chi connectivity index (χ2v) is 31.8. The number of ether oxygens (including phenoxy) is 3. The third-order valence-corrected chi connectivity index (χ3v) is 20.2. The van der Waals surface area contributed by atoms with E-state index in [2.05, 4.69) is 154 Å². The number of esters is 3. The summed E-state index contributed by atoms with van der Waals surface area (Å²) >= 11 is 0. The van der Waals surface area contributed by atoms with E-state index in [9.17, 15) is 43.5 Å². The normalized spacial score (nSPS) is 14.5. The third-order valence-electron chi connectivity index (χ3n) is 18.3. The van der Waals surface area contributed by atoms with Crippen LogP contribution < -0.4 is 0 Å². The molecule has 0 bridgehead atoms. The second kappa shape index (κ2) is 83.1. The molecule has 0 heterocycles. The maximum absolute atomic E-state index is 13.0. The van der Waals surface area contributed by atoms with Crippen LogP contribution >= 0.6 is 15.6 Å². The van der Waals surface area contributed by atoms with Crippen LogP contribution in [0.3, 0.4) is 0 Å². The molecule has 109 heavy (non-hydrogen) atoms. The number of hydrogen-bond acceptors (Lipinski definition) is 14. The van der Waals surface area contributed by atoms with E-state index in [-0.39, 0.29) is 19.3 Å². The molecule has 0 spiro atoms. The zero-order chi connectivity index (χ0) is 79.4. The van der Waals surface area contributed by atoms with Crippen molar-refractivity contribution in [3.63, 3.8) is 0 Å². The largest absolute Gasteiger partial charge is 0.472 e. The lowest BCUT2D eigenvalue weighted by Crippen LogP contribution is -2.30. The first-order valence-electron chi connectivity index (χ1n) is 43.5. The molecule has 4 N–H and O–H groups in total. The van der Waals surface area contributed by atoms with Gasteiger partial charge in [-0.1, -0.05) is 347 Å². The van der Waals surface area contributed by atoms with Crippen LogP contribution in [-0.2, 0) is 55.8 Å². The standard InChI is InChI=1S/C91H158O16P2/c1-4-7-10-13-16-19-22-25-28-30-32-34-36-38-39-40-41-42-43-44-45-47-49-50-52-54-57-59-62-65-68-71-74-77-89(94)101-80-86(92)81-103-108(97,98)104-82-87(93)83-105-109(99,100)106-85-88(107-91(96)79-76-73-70-67-64-61-56-27-24-21-18-15-12-9-6-3)84-102-90(95)78-75-72-69-66-63-60-58-55-53-51-48-46-37-35-33-31-29-26-23-20-17-14-11-8-5-2/h7-8,10-11,16-17,19-20,25-29,32-35,38-39,46,48,56,86-88,92-93H,4-6,9,12-15,18,21-24,30-31,36-37,40-45,47,49-55,57-85H2,1-3H3,(H,97,98)(H,99,100)/b10-7-,11-8-,19-16-,20-17-,28-25-,29-26-,34-32-,35-33-,39-38-,48-46-,56-27-. The maximum atomic E-state index is 13.0. The Morgan fingerprint density at radius 2 is 0.486 bits per heavy atom. The lowest BCUT2D eigenvalue weighted by Gasteiger charge is -2.21. The number of phosphoric ester groups is 2. The first-order valence-corrected chi connectivity index (χ1v) is 46.5. The van der Waals surface area contributed by atoms with E-state index in [1.807, 2.05) is 0 Å². The highest BCUT2D eigenvalue weighted by Crippen LogP contribution is 2.45. The number of hydrogen-bond donors (Lipinski definition) is 4. The quantitative estimate of drug-likeness (QED) is 0.0146. The lowest BCUT2D eigenvalue weighted by molar-refractivity contribution is -0.161. The van der Waals surface area contributed by atoms with Gasteiger partial charge in [0.25, 0.3) is 0 Å². The van der Waals surface area contributed by atoms with Crippen molar-refractivity contribution in [1.29, 1.82) is 0 Å². The molecule has 0 aliphatic carbocycles. The van der Waals surface area contributed by atoms with Crippen molar-refractivity contribution in [2.75, 3.05) is 39.6 Å². The Morgan fingerprint density at radius 1 is 0.266 bits per heavy atom. The van der Waals surface area contributed by atoms with E-state index in [4.69, 9.17) is 32.3 Å². The predicted octanol–water partition coefficient (Wildman–Crippen LogP) is 26.2. The summed E-state index contributed by atoms with van der Waals surface area (Å²) in [6, 6.07) is 0. The summed E-state index contributed by atoms with van der Waals surface area (Å²) in [6.45, 7) is 2.48. The Bertz CT molecular complexity index is 2510. The Kier molecular flexibility index (Phi) is 79.8. The van der Waals surface area contributed by atoms with Crippen molar-refractivity contribution in [2.24, 2.45) is 0 Å². The van der Waals surface area contributed by atoms with Gasteiger partial charge in [0.1, 0.15) is 25.4 Å². The molecular formula is C91H158O16P2. The molecule has 0 amide bonds. The van der Waals surface area contributed by atoms with E-state index >= 15 is 0 Å². The topological polar surface area (TPSA) is 231 Å². The molecule has 0 saturated heterocycles. The SMILES string of the molecule is CC/C=C\C/C=C\C/C=C\C/C=C\C/C=C\CCCCCCCCCCCCCCCCCCCC(=O)OCC(O)COP(=O)(O)OCC(O)COP(=O)(O)OCC(COC(=O)CCCCCCCCCCC/C=C\C/C=C\C/C=C\C/C=C\C/C=C\CC)OC(=O)CCCCCCC/C=C\CCCCCCCC. The molecule has 0 aromatic carbocycles. The molecular weight excluding hydrogens is 1410 g/mol. The van der Waals surface area contributed by atoms with Gasteiger partial charge in [0, 0.05) is 19.3 Å². The number of aliphatic hydroxyl groups is 2. The van der Waals surface area contributed by atoms with Crippen molar-refractivity contribution in [1.82, 2.24) is 0 Å². The zero-order valence-corrected chi connectivity index (χ0v) is 70.7. The van der Waals surface area contributed by atoms with Crippen LogP contribution in [0.15, 0.2) is 134 Å². The van der Waals surface area contributed by atoms with Gasteiger partial charge in [-0.05, 0) is 135 Å². The van der Waals surface area contributed by atoms with E-state index in [1.54, 1.807) is 0 Å². The minimum atomic E-state index is -4.94. The van der Waals surface area contributed by atoms with Gasteiger partial charge in [-0.15, -0.1) is 0 Å². The molecule has 0 radical (unpaired) electrons. The van der Waals surface area contributed by atoms with Gasteiger partial charge in [-0.2, -0.15) is 0 Å². The van der Waals surface area contributed by atoms with Crippen LogP contribution in [0.4, 0.5) is 0 Å². The van der Waals surface area contributed by atoms with Gasteiger partial charge in [-0.3, -0.25) is 32.5 Å². The molecule has 0 aromatic heterocycles. The first-order chi connectivity index (χ1) is 53.2. The zero-order valence-electron chi connectivity index (χ0n) is 68.9. The fourth-order valence-electron chi connectivity index (χ4n) is 11.8. The number of unbranched alkanes of at least 4 members (excludes halogenated alkanes) is 37. The highest BCUT2D eigenvalue weighted by molar-refractivity contribution is 7.47. The summed E-state index contributed by atoms with van der Waals surface area (Å²) in [7, 11) is -9.80. The van der Waals surface area contributed by atoms with Crippen LogP contribution in [0.5, 0.6) is 0 Å². The van der Waals surface area contributed by atoms with E-state index in [0.717, 1.165) is 154 Å². The number of carbonyl (C=O) groups excluding carboxylic acids is 3. The van der Waals surface area contributed by atoms with Crippen molar-refractivity contribution < 1.29 is 75.8 Å². The Labute approximate surface area is 665 Å². The molecule has 18 heteroatoms. The predicted molar refractivity (Wildman–Crippen MR) is 454 cm³/mol. The highest BCUT2D eigenvalue weighted by atomic mass is 31.2. The average Bonchev–Trinajstić information content (AvgIpc) is 0.903. The van der Waals surface area contributed by atoms with Gasteiger partial charge >= 0.3 is 33.6 Å². The van der Waals surface area contributed by atoms with Crippen molar-refractivity contribution in [3.05, 3.63) is 134 Å².